The molecule has 2 rings (SSSR count). The smallest absolute Gasteiger partial charge is 0.141 e. The topological polar surface area (TPSA) is 43.1 Å². The minimum atomic E-state index is -0.254. The summed E-state index contributed by atoms with van der Waals surface area (Å²) in [4.78, 5) is 12.3. The number of ketones is 1. The van der Waals surface area contributed by atoms with Gasteiger partial charge in [-0.1, -0.05) is 65.3 Å². The largest absolute Gasteiger partial charge is 0.323 e. The van der Waals surface area contributed by atoms with Crippen LogP contribution in [0.5, 0.6) is 0 Å². The highest BCUT2D eigenvalue weighted by Crippen LogP contribution is 2.22. The predicted molar refractivity (Wildman–Crippen MR) is 85.4 cm³/mol. The molecule has 2 unspecified atom stereocenters. The number of carbonyl (C=O) groups is 1. The lowest BCUT2D eigenvalue weighted by molar-refractivity contribution is -0.122. The Balaban J connectivity index is 2.05. The molecule has 104 valence electrons. The van der Waals surface area contributed by atoms with E-state index in [0.717, 1.165) is 15.6 Å². The number of carbonyl (C=O) groups excluding carboxylic acids is 1. The number of benzene rings is 2. The van der Waals surface area contributed by atoms with Crippen molar-refractivity contribution in [1.29, 1.82) is 0 Å². The fourth-order valence-electron chi connectivity index (χ4n) is 2.17. The molecule has 0 amide bonds. The molecule has 0 aliphatic rings. The second-order valence-electron chi connectivity index (χ2n) is 5.00. The van der Waals surface area contributed by atoms with Crippen LogP contribution in [0.25, 0.3) is 0 Å². The summed E-state index contributed by atoms with van der Waals surface area (Å²) in [6.45, 7) is 1.90. The summed E-state index contributed by atoms with van der Waals surface area (Å²) >= 11 is 3.42. The first-order chi connectivity index (χ1) is 9.58. The lowest BCUT2D eigenvalue weighted by Gasteiger charge is -2.19. The van der Waals surface area contributed by atoms with Gasteiger partial charge in [-0.15, -0.1) is 0 Å². The lowest BCUT2D eigenvalue weighted by Crippen LogP contribution is -2.27. The lowest BCUT2D eigenvalue weighted by atomic mass is 9.89. The number of Topliss-reactive ketones (excluding diaryl/α,β-unsaturated/α-hetero) is 1. The van der Waals surface area contributed by atoms with Crippen molar-refractivity contribution < 1.29 is 4.79 Å². The van der Waals surface area contributed by atoms with E-state index in [-0.39, 0.29) is 17.7 Å². The Morgan fingerprint density at radius 3 is 2.50 bits per heavy atom. The Labute approximate surface area is 128 Å². The standard InChI is InChI=1S/C17H18BrNO/c1-12(17(19)14-7-3-2-4-8-14)16(20)11-13-6-5-9-15(18)10-13/h2-10,12,17H,11,19H2,1H3. The molecule has 3 heteroatoms. The van der Waals surface area contributed by atoms with Crippen LogP contribution in [-0.2, 0) is 11.2 Å². The first kappa shape index (κ1) is 14.9. The highest BCUT2D eigenvalue weighted by atomic mass is 79.9. The van der Waals surface area contributed by atoms with Gasteiger partial charge in [0.05, 0.1) is 0 Å². The number of halogens is 1. The van der Waals surface area contributed by atoms with Gasteiger partial charge in [0.15, 0.2) is 0 Å². The third kappa shape index (κ3) is 3.78. The molecular weight excluding hydrogens is 314 g/mol. The van der Waals surface area contributed by atoms with Crippen LogP contribution < -0.4 is 5.73 Å². The Kier molecular flexibility index (Phi) is 5.10. The fourth-order valence-corrected chi connectivity index (χ4v) is 2.62. The van der Waals surface area contributed by atoms with Gasteiger partial charge in [-0.3, -0.25) is 4.79 Å². The molecule has 0 saturated carbocycles. The van der Waals surface area contributed by atoms with Crippen molar-refractivity contribution in [3.05, 3.63) is 70.2 Å². The van der Waals surface area contributed by atoms with Crippen LogP contribution in [0.2, 0.25) is 0 Å². The van der Waals surface area contributed by atoms with E-state index in [1.165, 1.54) is 0 Å². The quantitative estimate of drug-likeness (QED) is 0.902. The fraction of sp³-hybridized carbons (Fsp3) is 0.235. The van der Waals surface area contributed by atoms with Crippen LogP contribution in [0.4, 0.5) is 0 Å². The molecule has 0 spiro atoms. The summed E-state index contributed by atoms with van der Waals surface area (Å²) in [5.74, 6) is -0.0316. The van der Waals surface area contributed by atoms with Gasteiger partial charge in [-0.25, -0.2) is 0 Å². The monoisotopic (exact) mass is 331 g/mol. The van der Waals surface area contributed by atoms with Crippen LogP contribution in [0.3, 0.4) is 0 Å². The van der Waals surface area contributed by atoms with E-state index >= 15 is 0 Å². The minimum Gasteiger partial charge on any atom is -0.323 e. The van der Waals surface area contributed by atoms with E-state index in [0.29, 0.717) is 6.42 Å². The van der Waals surface area contributed by atoms with Crippen LogP contribution in [0, 0.1) is 5.92 Å². The molecular formula is C17H18BrNO. The Morgan fingerprint density at radius 2 is 1.85 bits per heavy atom. The Morgan fingerprint density at radius 1 is 1.15 bits per heavy atom. The molecule has 0 radical (unpaired) electrons. The molecule has 0 fully saturated rings. The van der Waals surface area contributed by atoms with E-state index in [4.69, 9.17) is 5.73 Å². The summed E-state index contributed by atoms with van der Waals surface area (Å²) in [5, 5.41) is 0. The van der Waals surface area contributed by atoms with E-state index in [9.17, 15) is 4.79 Å². The maximum Gasteiger partial charge on any atom is 0.141 e. The molecule has 0 aliphatic heterocycles. The average Bonchev–Trinajstić information content (AvgIpc) is 2.46. The average molecular weight is 332 g/mol. The zero-order chi connectivity index (χ0) is 14.5. The summed E-state index contributed by atoms with van der Waals surface area (Å²) < 4.78 is 0.989. The first-order valence-electron chi connectivity index (χ1n) is 6.65. The number of rotatable bonds is 5. The van der Waals surface area contributed by atoms with Gasteiger partial charge in [0, 0.05) is 22.9 Å². The van der Waals surface area contributed by atoms with Crippen molar-refractivity contribution in [2.24, 2.45) is 11.7 Å². The van der Waals surface area contributed by atoms with Crippen LogP contribution in [-0.4, -0.2) is 5.78 Å². The van der Waals surface area contributed by atoms with Gasteiger partial charge in [0.25, 0.3) is 0 Å². The predicted octanol–water partition coefficient (Wildman–Crippen LogP) is 3.90. The molecule has 0 bridgehead atoms. The van der Waals surface area contributed by atoms with Crippen LogP contribution in [0.1, 0.15) is 24.1 Å². The summed E-state index contributed by atoms with van der Waals surface area (Å²) in [7, 11) is 0. The Hall–Kier alpha value is -1.45. The van der Waals surface area contributed by atoms with Crippen molar-refractivity contribution in [3.8, 4) is 0 Å². The van der Waals surface area contributed by atoms with Gasteiger partial charge in [-0.05, 0) is 23.3 Å². The second kappa shape index (κ2) is 6.82. The van der Waals surface area contributed by atoms with Gasteiger partial charge in [-0.2, -0.15) is 0 Å². The molecule has 2 aromatic carbocycles. The molecule has 20 heavy (non-hydrogen) atoms. The molecule has 2 atom stereocenters. The zero-order valence-corrected chi connectivity index (χ0v) is 13.0. The molecule has 2 aromatic rings. The highest BCUT2D eigenvalue weighted by molar-refractivity contribution is 9.10. The second-order valence-corrected chi connectivity index (χ2v) is 5.91. The van der Waals surface area contributed by atoms with Crippen molar-refractivity contribution in [2.45, 2.75) is 19.4 Å². The first-order valence-corrected chi connectivity index (χ1v) is 7.45. The summed E-state index contributed by atoms with van der Waals surface area (Å²) in [6.07, 6.45) is 0.418. The van der Waals surface area contributed by atoms with Crippen molar-refractivity contribution in [1.82, 2.24) is 0 Å². The van der Waals surface area contributed by atoms with Crippen molar-refractivity contribution in [3.63, 3.8) is 0 Å². The van der Waals surface area contributed by atoms with Gasteiger partial charge < -0.3 is 5.73 Å². The maximum atomic E-state index is 12.3. The van der Waals surface area contributed by atoms with E-state index in [2.05, 4.69) is 15.9 Å². The van der Waals surface area contributed by atoms with Crippen molar-refractivity contribution in [2.75, 3.05) is 0 Å². The van der Waals surface area contributed by atoms with Crippen molar-refractivity contribution >= 4 is 21.7 Å². The minimum absolute atomic E-state index is 0.166. The summed E-state index contributed by atoms with van der Waals surface area (Å²) in [5.41, 5.74) is 8.21. The van der Waals surface area contributed by atoms with E-state index < -0.39 is 0 Å². The molecule has 2 nitrogen and oxygen atoms in total. The third-order valence-corrected chi connectivity index (χ3v) is 3.99. The zero-order valence-electron chi connectivity index (χ0n) is 11.4. The molecule has 0 saturated heterocycles. The SMILES string of the molecule is CC(C(=O)Cc1cccc(Br)c1)C(N)c1ccccc1. The number of hydrogen-bond acceptors (Lipinski definition) is 2. The normalized spacial score (nSPS) is 13.8. The molecule has 2 N–H and O–H groups in total. The van der Waals surface area contributed by atoms with Gasteiger partial charge in [0.2, 0.25) is 0 Å². The summed E-state index contributed by atoms with van der Waals surface area (Å²) in [6, 6.07) is 17.3. The number of nitrogens with two attached hydrogens (primary N) is 1. The third-order valence-electron chi connectivity index (χ3n) is 3.50. The van der Waals surface area contributed by atoms with Crippen LogP contribution >= 0.6 is 15.9 Å². The molecule has 0 aliphatic carbocycles. The van der Waals surface area contributed by atoms with Crippen LogP contribution in [0.15, 0.2) is 59.1 Å². The van der Waals surface area contributed by atoms with E-state index in [1.54, 1.807) is 0 Å². The Bertz CT molecular complexity index is 583. The molecule has 0 heterocycles. The number of hydrogen-bond donors (Lipinski definition) is 1. The van der Waals surface area contributed by atoms with Gasteiger partial charge in [0.1, 0.15) is 5.78 Å². The van der Waals surface area contributed by atoms with Gasteiger partial charge >= 0.3 is 0 Å². The van der Waals surface area contributed by atoms with E-state index in [1.807, 2.05) is 61.5 Å². The molecule has 0 aromatic heterocycles. The highest BCUT2D eigenvalue weighted by Gasteiger charge is 2.21. The maximum absolute atomic E-state index is 12.3.